The van der Waals surface area contributed by atoms with Gasteiger partial charge in [0.1, 0.15) is 0 Å². The Morgan fingerprint density at radius 3 is 2.33 bits per heavy atom. The molecule has 1 heterocycles. The first-order chi connectivity index (χ1) is 6.86. The van der Waals surface area contributed by atoms with Crippen LogP contribution in [-0.4, -0.2) is 12.1 Å². The van der Waals surface area contributed by atoms with Gasteiger partial charge in [-0.05, 0) is 6.07 Å². The molecule has 2 nitrogen and oxygen atoms in total. The minimum absolute atomic E-state index is 0.330. The van der Waals surface area contributed by atoms with Crippen LogP contribution in [0.5, 0.6) is 5.88 Å². The van der Waals surface area contributed by atoms with Crippen LogP contribution in [0.2, 0.25) is 0 Å². The summed E-state index contributed by atoms with van der Waals surface area (Å²) in [5, 5.41) is 0. The van der Waals surface area contributed by atoms with Crippen molar-refractivity contribution in [3.05, 3.63) is 23.4 Å². The Morgan fingerprint density at radius 2 is 1.93 bits per heavy atom. The standard InChI is InChI=1S/C8H6F5NO/c1-15-7-5(6(9)10)2-4(3-14-7)8(11,12)13/h2-3,6H,1H3. The highest BCUT2D eigenvalue weighted by atomic mass is 19.4. The zero-order chi connectivity index (χ0) is 11.6. The van der Waals surface area contributed by atoms with Gasteiger partial charge < -0.3 is 4.74 Å². The fourth-order valence-electron chi connectivity index (χ4n) is 0.951. The highest BCUT2D eigenvalue weighted by Crippen LogP contribution is 2.34. The molecule has 0 bridgehead atoms. The zero-order valence-electron chi connectivity index (χ0n) is 7.48. The summed E-state index contributed by atoms with van der Waals surface area (Å²) in [5.41, 5.74) is -2.09. The maximum atomic E-state index is 12.3. The Bertz CT molecular complexity index is 349. The van der Waals surface area contributed by atoms with Crippen LogP contribution < -0.4 is 4.74 Å². The van der Waals surface area contributed by atoms with Crippen molar-refractivity contribution in [2.45, 2.75) is 12.6 Å². The minimum atomic E-state index is -4.69. The summed E-state index contributed by atoms with van der Waals surface area (Å²) in [6.07, 6.45) is -7.30. The van der Waals surface area contributed by atoms with Gasteiger partial charge in [-0.25, -0.2) is 13.8 Å². The van der Waals surface area contributed by atoms with E-state index in [0.717, 1.165) is 7.11 Å². The number of halogens is 5. The molecule has 1 aromatic rings. The molecule has 15 heavy (non-hydrogen) atoms. The Morgan fingerprint density at radius 1 is 1.33 bits per heavy atom. The molecule has 0 saturated carbocycles. The van der Waals surface area contributed by atoms with Crippen molar-refractivity contribution in [2.75, 3.05) is 7.11 Å². The fourth-order valence-corrected chi connectivity index (χ4v) is 0.951. The molecule has 0 amide bonds. The van der Waals surface area contributed by atoms with Gasteiger partial charge in [-0.3, -0.25) is 0 Å². The van der Waals surface area contributed by atoms with Crippen molar-refractivity contribution in [1.82, 2.24) is 4.98 Å². The van der Waals surface area contributed by atoms with Gasteiger partial charge in [-0.15, -0.1) is 0 Å². The van der Waals surface area contributed by atoms with Crippen molar-refractivity contribution >= 4 is 0 Å². The van der Waals surface area contributed by atoms with E-state index in [4.69, 9.17) is 0 Å². The molecule has 0 aliphatic carbocycles. The maximum Gasteiger partial charge on any atom is 0.417 e. The number of ether oxygens (including phenoxy) is 1. The van der Waals surface area contributed by atoms with E-state index in [1.54, 1.807) is 0 Å². The number of aromatic nitrogens is 1. The summed E-state index contributed by atoms with van der Waals surface area (Å²) >= 11 is 0. The van der Waals surface area contributed by atoms with Gasteiger partial charge in [0.25, 0.3) is 6.43 Å². The van der Waals surface area contributed by atoms with Crippen molar-refractivity contribution in [3.63, 3.8) is 0 Å². The van der Waals surface area contributed by atoms with Crippen LogP contribution >= 0.6 is 0 Å². The number of methoxy groups -OCH3 is 1. The smallest absolute Gasteiger partial charge is 0.417 e. The molecule has 0 radical (unpaired) electrons. The number of rotatable bonds is 2. The number of hydrogen-bond acceptors (Lipinski definition) is 2. The fraction of sp³-hybridized carbons (Fsp3) is 0.375. The predicted molar refractivity (Wildman–Crippen MR) is 40.7 cm³/mol. The lowest BCUT2D eigenvalue weighted by molar-refractivity contribution is -0.138. The summed E-state index contributed by atoms with van der Waals surface area (Å²) in [4.78, 5) is 3.16. The number of alkyl halides is 5. The highest BCUT2D eigenvalue weighted by molar-refractivity contribution is 5.32. The molecule has 0 aromatic carbocycles. The Labute approximate surface area is 81.7 Å². The van der Waals surface area contributed by atoms with E-state index >= 15 is 0 Å². The van der Waals surface area contributed by atoms with E-state index in [9.17, 15) is 22.0 Å². The van der Waals surface area contributed by atoms with Crippen LogP contribution in [0.25, 0.3) is 0 Å². The molecule has 0 unspecified atom stereocenters. The first-order valence-corrected chi connectivity index (χ1v) is 3.75. The van der Waals surface area contributed by atoms with Gasteiger partial charge in [0.15, 0.2) is 0 Å². The van der Waals surface area contributed by atoms with Gasteiger partial charge in [-0.1, -0.05) is 0 Å². The molecule has 0 aliphatic rings. The molecule has 0 aliphatic heterocycles. The van der Waals surface area contributed by atoms with Crippen LogP contribution in [-0.2, 0) is 6.18 Å². The third kappa shape index (κ3) is 2.54. The molecule has 1 aromatic heterocycles. The molecular weight excluding hydrogens is 221 g/mol. The van der Waals surface area contributed by atoms with E-state index in [2.05, 4.69) is 9.72 Å². The number of pyridine rings is 1. The SMILES string of the molecule is COc1ncc(C(F)(F)F)cc1C(F)F. The van der Waals surface area contributed by atoms with Crippen molar-refractivity contribution < 1.29 is 26.7 Å². The molecule has 84 valence electrons. The van der Waals surface area contributed by atoms with Gasteiger partial charge in [0, 0.05) is 6.20 Å². The van der Waals surface area contributed by atoms with Gasteiger partial charge in [0.05, 0.1) is 18.2 Å². The number of hydrogen-bond donors (Lipinski definition) is 0. The second-order valence-electron chi connectivity index (χ2n) is 2.62. The average Bonchev–Trinajstić information content (AvgIpc) is 2.15. The Balaban J connectivity index is 3.22. The lowest BCUT2D eigenvalue weighted by Gasteiger charge is -2.10. The Kier molecular flexibility index (Phi) is 3.11. The molecule has 0 spiro atoms. The first kappa shape index (κ1) is 11.7. The van der Waals surface area contributed by atoms with E-state index in [1.807, 2.05) is 0 Å². The zero-order valence-corrected chi connectivity index (χ0v) is 7.48. The molecule has 0 atom stereocenters. The monoisotopic (exact) mass is 227 g/mol. The first-order valence-electron chi connectivity index (χ1n) is 3.75. The van der Waals surface area contributed by atoms with E-state index in [-0.39, 0.29) is 0 Å². The summed E-state index contributed by atoms with van der Waals surface area (Å²) in [5.74, 6) is -0.502. The largest absolute Gasteiger partial charge is 0.481 e. The lowest BCUT2D eigenvalue weighted by Crippen LogP contribution is -2.07. The molecule has 1 rings (SSSR count). The highest BCUT2D eigenvalue weighted by Gasteiger charge is 2.33. The summed E-state index contributed by atoms with van der Waals surface area (Å²) in [6.45, 7) is 0. The Hall–Kier alpha value is -1.40. The molecular formula is C8H6F5NO. The topological polar surface area (TPSA) is 22.1 Å². The normalized spacial score (nSPS) is 11.9. The second kappa shape index (κ2) is 4.00. The molecule has 7 heteroatoms. The van der Waals surface area contributed by atoms with Crippen LogP contribution in [0.15, 0.2) is 12.3 Å². The summed E-state index contributed by atoms with van der Waals surface area (Å²) in [6, 6.07) is 0.330. The van der Waals surface area contributed by atoms with Gasteiger partial charge in [-0.2, -0.15) is 13.2 Å². The van der Waals surface area contributed by atoms with Crippen LogP contribution in [0.3, 0.4) is 0 Å². The molecule has 0 fully saturated rings. The second-order valence-corrected chi connectivity index (χ2v) is 2.62. The van der Waals surface area contributed by atoms with E-state index in [1.165, 1.54) is 0 Å². The van der Waals surface area contributed by atoms with Crippen molar-refractivity contribution in [2.24, 2.45) is 0 Å². The average molecular weight is 227 g/mol. The van der Waals surface area contributed by atoms with E-state index < -0.39 is 29.6 Å². The van der Waals surface area contributed by atoms with Crippen LogP contribution in [0.1, 0.15) is 17.6 Å². The van der Waals surface area contributed by atoms with Crippen LogP contribution in [0.4, 0.5) is 22.0 Å². The lowest BCUT2D eigenvalue weighted by atomic mass is 10.2. The van der Waals surface area contributed by atoms with Crippen LogP contribution in [0, 0.1) is 0 Å². The molecule has 0 saturated heterocycles. The third-order valence-corrected chi connectivity index (χ3v) is 1.63. The van der Waals surface area contributed by atoms with Gasteiger partial charge in [0.2, 0.25) is 5.88 Å². The quantitative estimate of drug-likeness (QED) is 0.724. The van der Waals surface area contributed by atoms with Gasteiger partial charge >= 0.3 is 6.18 Å². The maximum absolute atomic E-state index is 12.3. The predicted octanol–water partition coefficient (Wildman–Crippen LogP) is 3.05. The third-order valence-electron chi connectivity index (χ3n) is 1.63. The molecule has 0 N–H and O–H groups in total. The minimum Gasteiger partial charge on any atom is -0.481 e. The van der Waals surface area contributed by atoms with E-state index in [0.29, 0.717) is 12.3 Å². The van der Waals surface area contributed by atoms with Crippen molar-refractivity contribution in [3.8, 4) is 5.88 Å². The summed E-state index contributed by atoms with van der Waals surface area (Å²) in [7, 11) is 1.06. The number of nitrogens with zero attached hydrogens (tertiary/aromatic N) is 1. The summed E-state index contributed by atoms with van der Waals surface area (Å²) < 4.78 is 65.4. The van der Waals surface area contributed by atoms with Crippen molar-refractivity contribution in [1.29, 1.82) is 0 Å².